The summed E-state index contributed by atoms with van der Waals surface area (Å²) in [4.78, 5) is 2.75. The van der Waals surface area contributed by atoms with Gasteiger partial charge in [-0.15, -0.1) is 0 Å². The summed E-state index contributed by atoms with van der Waals surface area (Å²) < 4.78 is 0. The van der Waals surface area contributed by atoms with Gasteiger partial charge in [-0.2, -0.15) is 0 Å². The Hall–Kier alpha value is -1.73. The standard InChI is InChI=1S/C17H25N3/c1-16(2,3)14-10-13(8-7-9-19-20-18)11-15(12-14)17(4,5)6/h7-8,10-12H,9H2,1-6H3. The van der Waals surface area contributed by atoms with Crippen LogP contribution in [0.1, 0.15) is 58.2 Å². The van der Waals surface area contributed by atoms with Gasteiger partial charge in [-0.05, 0) is 33.1 Å². The predicted octanol–water partition coefficient (Wildman–Crippen LogP) is 5.61. The summed E-state index contributed by atoms with van der Waals surface area (Å²) >= 11 is 0. The van der Waals surface area contributed by atoms with E-state index in [0.717, 1.165) is 5.56 Å². The lowest BCUT2D eigenvalue weighted by Gasteiger charge is -2.25. The van der Waals surface area contributed by atoms with Crippen molar-refractivity contribution in [2.24, 2.45) is 5.11 Å². The van der Waals surface area contributed by atoms with Crippen LogP contribution in [-0.2, 0) is 10.8 Å². The lowest BCUT2D eigenvalue weighted by Crippen LogP contribution is -2.16. The molecule has 1 aromatic carbocycles. The normalized spacial score (nSPS) is 12.5. The van der Waals surface area contributed by atoms with Gasteiger partial charge in [0.25, 0.3) is 0 Å². The highest BCUT2D eigenvalue weighted by Crippen LogP contribution is 2.30. The van der Waals surface area contributed by atoms with Crippen molar-refractivity contribution in [2.45, 2.75) is 52.4 Å². The van der Waals surface area contributed by atoms with Crippen molar-refractivity contribution in [2.75, 3.05) is 6.54 Å². The molecule has 0 saturated heterocycles. The van der Waals surface area contributed by atoms with Crippen LogP contribution in [0.2, 0.25) is 0 Å². The molecule has 0 radical (unpaired) electrons. The van der Waals surface area contributed by atoms with Gasteiger partial charge in [0.1, 0.15) is 0 Å². The van der Waals surface area contributed by atoms with Gasteiger partial charge in [0.05, 0.1) is 0 Å². The fourth-order valence-electron chi connectivity index (χ4n) is 1.89. The minimum Gasteiger partial charge on any atom is -0.0899 e. The third kappa shape index (κ3) is 4.75. The van der Waals surface area contributed by atoms with Crippen LogP contribution in [-0.4, -0.2) is 6.54 Å². The molecule has 0 saturated carbocycles. The molecule has 108 valence electrons. The lowest BCUT2D eigenvalue weighted by atomic mass is 9.79. The Labute approximate surface area is 122 Å². The van der Waals surface area contributed by atoms with Crippen molar-refractivity contribution >= 4 is 6.08 Å². The highest BCUT2D eigenvalue weighted by Gasteiger charge is 2.19. The van der Waals surface area contributed by atoms with E-state index in [-0.39, 0.29) is 10.8 Å². The Bertz CT molecular complexity index is 504. The first-order chi connectivity index (χ1) is 9.14. The molecule has 0 bridgehead atoms. The quantitative estimate of drug-likeness (QED) is 0.390. The maximum absolute atomic E-state index is 8.29. The third-order valence-corrected chi connectivity index (χ3v) is 3.25. The molecule has 0 fully saturated rings. The van der Waals surface area contributed by atoms with Gasteiger partial charge in [0.15, 0.2) is 0 Å². The Kier molecular flexibility index (Phi) is 5.02. The van der Waals surface area contributed by atoms with Crippen LogP contribution in [0.3, 0.4) is 0 Å². The molecule has 0 aliphatic heterocycles. The molecule has 0 aromatic heterocycles. The van der Waals surface area contributed by atoms with E-state index < -0.39 is 0 Å². The van der Waals surface area contributed by atoms with Crippen molar-refractivity contribution < 1.29 is 0 Å². The topological polar surface area (TPSA) is 48.8 Å². The average molecular weight is 271 g/mol. The van der Waals surface area contributed by atoms with E-state index in [9.17, 15) is 0 Å². The maximum atomic E-state index is 8.29. The molecule has 20 heavy (non-hydrogen) atoms. The predicted molar refractivity (Wildman–Crippen MR) is 86.9 cm³/mol. The first-order valence-electron chi connectivity index (χ1n) is 6.98. The summed E-state index contributed by atoms with van der Waals surface area (Å²) in [5.41, 5.74) is 12.3. The first kappa shape index (κ1) is 16.3. The molecule has 0 aliphatic carbocycles. The lowest BCUT2D eigenvalue weighted by molar-refractivity contribution is 0.568. The van der Waals surface area contributed by atoms with Gasteiger partial charge >= 0.3 is 0 Å². The van der Waals surface area contributed by atoms with E-state index in [2.05, 4.69) is 69.8 Å². The van der Waals surface area contributed by atoms with Gasteiger partial charge in [-0.3, -0.25) is 0 Å². The van der Waals surface area contributed by atoms with E-state index in [1.54, 1.807) is 0 Å². The van der Waals surface area contributed by atoms with Crippen LogP contribution < -0.4 is 0 Å². The van der Waals surface area contributed by atoms with Crippen LogP contribution >= 0.6 is 0 Å². The van der Waals surface area contributed by atoms with Gasteiger partial charge in [-0.1, -0.05) is 77.0 Å². The molecule has 0 N–H and O–H groups in total. The number of hydrogen-bond donors (Lipinski definition) is 0. The Morgan fingerprint density at radius 1 is 1.00 bits per heavy atom. The molecule has 0 unspecified atom stereocenters. The Morgan fingerprint density at radius 3 is 1.90 bits per heavy atom. The van der Waals surface area contributed by atoms with Gasteiger partial charge in [0, 0.05) is 11.5 Å². The summed E-state index contributed by atoms with van der Waals surface area (Å²) in [5.74, 6) is 0. The summed E-state index contributed by atoms with van der Waals surface area (Å²) in [7, 11) is 0. The molecule has 1 rings (SSSR count). The van der Waals surface area contributed by atoms with Crippen LogP contribution in [0.4, 0.5) is 0 Å². The molecule has 1 aromatic rings. The highest BCUT2D eigenvalue weighted by atomic mass is 15.1. The molecule has 3 heteroatoms. The van der Waals surface area contributed by atoms with Crippen LogP contribution in [0.15, 0.2) is 29.4 Å². The average Bonchev–Trinajstić information content (AvgIpc) is 2.32. The Balaban J connectivity index is 3.24. The number of azide groups is 1. The van der Waals surface area contributed by atoms with Crippen molar-refractivity contribution in [1.29, 1.82) is 0 Å². The van der Waals surface area contributed by atoms with E-state index in [0.29, 0.717) is 6.54 Å². The van der Waals surface area contributed by atoms with E-state index in [1.807, 2.05) is 12.2 Å². The van der Waals surface area contributed by atoms with Crippen molar-refractivity contribution in [3.63, 3.8) is 0 Å². The number of hydrogen-bond acceptors (Lipinski definition) is 1. The summed E-state index contributed by atoms with van der Waals surface area (Å²) in [6.45, 7) is 13.7. The SMILES string of the molecule is CC(C)(C)c1cc(C=CCN=[N+]=[N-])cc(C(C)(C)C)c1. The van der Waals surface area contributed by atoms with Crippen molar-refractivity contribution in [1.82, 2.24) is 0 Å². The zero-order chi connectivity index (χ0) is 15.4. The first-order valence-corrected chi connectivity index (χ1v) is 6.98. The fraction of sp³-hybridized carbons (Fsp3) is 0.529. The molecule has 0 aliphatic rings. The minimum atomic E-state index is 0.120. The molecule has 0 heterocycles. The maximum Gasteiger partial charge on any atom is 0.0443 e. The zero-order valence-electron chi connectivity index (χ0n) is 13.4. The van der Waals surface area contributed by atoms with Crippen molar-refractivity contribution in [3.8, 4) is 0 Å². The minimum absolute atomic E-state index is 0.120. The number of benzene rings is 1. The summed E-state index contributed by atoms with van der Waals surface area (Å²) in [5, 5.41) is 3.52. The van der Waals surface area contributed by atoms with Crippen molar-refractivity contribution in [3.05, 3.63) is 51.4 Å². The van der Waals surface area contributed by atoms with E-state index >= 15 is 0 Å². The number of rotatable bonds is 3. The highest BCUT2D eigenvalue weighted by molar-refractivity contribution is 5.54. The van der Waals surface area contributed by atoms with Crippen LogP contribution in [0, 0.1) is 0 Å². The summed E-state index contributed by atoms with van der Waals surface area (Å²) in [6, 6.07) is 6.72. The molecule has 0 atom stereocenters. The van der Waals surface area contributed by atoms with Crippen LogP contribution in [0.5, 0.6) is 0 Å². The molecule has 3 nitrogen and oxygen atoms in total. The fourth-order valence-corrected chi connectivity index (χ4v) is 1.89. The van der Waals surface area contributed by atoms with E-state index in [4.69, 9.17) is 5.53 Å². The second-order valence-electron chi connectivity index (χ2n) is 7.16. The second-order valence-corrected chi connectivity index (χ2v) is 7.16. The number of nitrogens with zero attached hydrogens (tertiary/aromatic N) is 3. The van der Waals surface area contributed by atoms with E-state index in [1.165, 1.54) is 11.1 Å². The monoisotopic (exact) mass is 271 g/mol. The van der Waals surface area contributed by atoms with Gasteiger partial charge < -0.3 is 0 Å². The largest absolute Gasteiger partial charge is 0.0899 e. The van der Waals surface area contributed by atoms with Gasteiger partial charge in [-0.25, -0.2) is 0 Å². The molecule has 0 spiro atoms. The Morgan fingerprint density at radius 2 is 1.50 bits per heavy atom. The second kappa shape index (κ2) is 6.15. The zero-order valence-corrected chi connectivity index (χ0v) is 13.4. The summed E-state index contributed by atoms with van der Waals surface area (Å²) in [6.07, 6.45) is 3.92. The smallest absolute Gasteiger partial charge is 0.0443 e. The molecular formula is C17H25N3. The molecule has 0 amide bonds. The molecular weight excluding hydrogens is 246 g/mol. The third-order valence-electron chi connectivity index (χ3n) is 3.25. The van der Waals surface area contributed by atoms with Crippen LogP contribution in [0.25, 0.3) is 16.5 Å². The van der Waals surface area contributed by atoms with Gasteiger partial charge in [0.2, 0.25) is 0 Å².